The number of Topliss-reactive ketones (excluding diaryl/α,β-unsaturated/α-hetero) is 1. The maximum Gasteiger partial charge on any atom is 0.460 e. The van der Waals surface area contributed by atoms with E-state index in [1.54, 1.807) is 51.5 Å². The number of nitrogens with one attached hydrogen (secondary N) is 4. The number of aromatic nitrogens is 13. The van der Waals surface area contributed by atoms with Crippen molar-refractivity contribution in [3.05, 3.63) is 240 Å². The summed E-state index contributed by atoms with van der Waals surface area (Å²) in [4.78, 5) is 72.3. The number of benzene rings is 6. The number of para-hydroxylation sites is 4. The average Bonchev–Trinajstić information content (AvgIpc) is 1.59. The molecule has 0 amide bonds. The Morgan fingerprint density at radius 2 is 0.951 bits per heavy atom. The fourth-order valence-electron chi connectivity index (χ4n) is 11.1. The van der Waals surface area contributed by atoms with E-state index in [0.717, 1.165) is 75.1 Å². The lowest BCUT2D eigenvalue weighted by Gasteiger charge is -2.15. The smallest absolute Gasteiger partial charge is 0.460 e. The third kappa shape index (κ3) is 22.3. The van der Waals surface area contributed by atoms with Crippen LogP contribution in [0.25, 0.3) is 75.7 Å². The summed E-state index contributed by atoms with van der Waals surface area (Å²) in [6, 6.07) is 38.8. The molecule has 0 aliphatic carbocycles. The van der Waals surface area contributed by atoms with Gasteiger partial charge >= 0.3 is 17.5 Å². The van der Waals surface area contributed by atoms with Crippen molar-refractivity contribution >= 4 is 161 Å². The van der Waals surface area contributed by atoms with Gasteiger partial charge in [-0.3, -0.25) is 43.2 Å². The zero-order chi connectivity index (χ0) is 88.9. The predicted molar refractivity (Wildman–Crippen MR) is 457 cm³/mol. The quantitative estimate of drug-likeness (QED) is 0.0189. The lowest BCUT2D eigenvalue weighted by Crippen LogP contribution is -2.56. The number of hydrogen-bond donors (Lipinski definition) is 10. The molecule has 6 aromatic carbocycles. The van der Waals surface area contributed by atoms with Crippen LogP contribution in [0.2, 0.25) is 0 Å². The molecule has 8 heterocycles. The maximum absolute atomic E-state index is 12.8. The first-order valence-corrected chi connectivity index (χ1v) is 40.8. The van der Waals surface area contributed by atoms with Crippen molar-refractivity contribution in [1.29, 1.82) is 10.7 Å². The minimum Gasteiger partial charge on any atom is -0.478 e. The van der Waals surface area contributed by atoms with E-state index in [1.165, 1.54) is 10.6 Å². The Hall–Kier alpha value is -13.7. The highest BCUT2D eigenvalue weighted by Gasteiger charge is 2.33. The molecule has 644 valence electrons. The molecule has 14 N–H and O–H groups in total. The zero-order valence-corrected chi connectivity index (χ0v) is 71.9. The van der Waals surface area contributed by atoms with Crippen molar-refractivity contribution in [2.75, 3.05) is 5.43 Å². The fourth-order valence-corrected chi connectivity index (χ4v) is 13.7. The van der Waals surface area contributed by atoms with Crippen molar-refractivity contribution < 1.29 is 77.9 Å². The molecule has 0 aliphatic rings. The Kier molecular flexibility index (Phi) is 30.3. The Morgan fingerprint density at radius 1 is 0.545 bits per heavy atom. The number of hydrogen-bond acceptors (Lipinski definition) is 23. The van der Waals surface area contributed by atoms with Crippen LogP contribution in [0.1, 0.15) is 117 Å². The average molecular weight is 1800 g/mol. The number of diazo groups is 1. The highest BCUT2D eigenvalue weighted by Crippen LogP contribution is 2.40. The number of aromatic carboxylic acids is 1. The molecule has 0 atom stereocenters. The first kappa shape index (κ1) is 98.2. The fraction of sp³-hybridized carbons (Fsp3) is 0.224. The number of carboxylic acid groups (broad SMARTS) is 1. The van der Waals surface area contributed by atoms with Crippen molar-refractivity contribution in [3.63, 3.8) is 0 Å². The number of nitriles is 1. The standard InChI is InChI=1S/C24H20N8O7S2.2C14H15N3O.C10H5N5O6S2.C7H8N2O2.C7H11NO.2ClH.H2O/c1-24(2,3)20-19(22-27-23(33)14-7-5-6-8-16(14)32(22)30-20)28-29-21-15(25-4)12-26-31(21)17-10-9-13(40(34,35)36)11-18(17)41(37,38)39;2*1-14(2,3)11-8-12-15-13(18)9-6-4-5-7-10(9)17(12)16-11;1-12-7-5-13-15(10(7)14-11)8-3-2-6(22(16,17)18)4-9(8)23(19,20)21;8-9-6-4-2-1-3-5(6)7(10)11;1-7(2,3)6(9)4-5-8;;;/h5-12H,1-3H3,(H,27,33)(H,34,35,36)(H,37,38,39);2*4-8H,1-3H3,(H,15,18);2-5H,(H-,16,17,18,19,20,21);1-4,9H,8H2,(H,10,11);4H2,1-3H3;2*1H;1H2/p+2. The van der Waals surface area contributed by atoms with Crippen molar-refractivity contribution in [2.45, 2.75) is 125 Å². The molecular weight excluding hydrogens is 1720 g/mol. The van der Waals surface area contributed by atoms with Gasteiger partial charge in [-0.2, -0.15) is 59.3 Å². The second-order valence-electron chi connectivity index (χ2n) is 30.0. The number of aromatic amines is 3. The van der Waals surface area contributed by atoms with E-state index in [4.69, 9.17) is 33.5 Å². The van der Waals surface area contributed by atoms with Gasteiger partial charge in [0.25, 0.3) is 62.8 Å². The topological polar surface area (TPSA) is 615 Å². The number of azo groups is 1. The molecule has 0 bridgehead atoms. The first-order chi connectivity index (χ1) is 55.9. The van der Waals surface area contributed by atoms with E-state index >= 15 is 0 Å². The highest BCUT2D eigenvalue weighted by atomic mass is 35.5. The van der Waals surface area contributed by atoms with E-state index in [0.29, 0.717) is 49.9 Å². The largest absolute Gasteiger partial charge is 0.478 e. The van der Waals surface area contributed by atoms with Crippen LogP contribution in [-0.4, -0.2) is 138 Å². The Morgan fingerprint density at radius 3 is 1.33 bits per heavy atom. The molecule has 0 aliphatic heterocycles. The van der Waals surface area contributed by atoms with Gasteiger partial charge in [0.2, 0.25) is 0 Å². The van der Waals surface area contributed by atoms with E-state index < -0.39 is 82.8 Å². The molecule has 14 rings (SSSR count). The number of ketones is 1. The number of carbonyl (C=O) groups is 2. The van der Waals surface area contributed by atoms with Crippen LogP contribution in [0.15, 0.2) is 202 Å². The van der Waals surface area contributed by atoms with E-state index in [-0.39, 0.29) is 115 Å². The number of nitrogens with zero attached hydrogens (tertiary/aromatic N) is 17. The van der Waals surface area contributed by atoms with Gasteiger partial charge in [0.05, 0.1) is 120 Å². The van der Waals surface area contributed by atoms with E-state index in [1.807, 2.05) is 108 Å². The number of anilines is 1. The molecule has 0 saturated heterocycles. The van der Waals surface area contributed by atoms with E-state index in [9.17, 15) is 71.3 Å². The SMILES string of the molecule is CC(C)(C)C(=O)CC#N.CC(C)(C)c1cc2[nH]c(=O)c3ccccc3n2n1.CC(C)(C)c1cc2[nH]c(=O)c3ccccc3n2n1.Cl.Cl.O.[C-]#[N+]c1cnn(-c2ccc(S(=O)(=O)O)cc2S(=O)(=O)O)c1N=Nc1c(C(C)(C)C)nn2c1[nH]c(=O)c1ccccc12.[C-]#[N+]c1cnn(-c2ccc(S(=O)(=O)O)cc2S(=O)(=O)O)c1[N+]#N.[NH3+]Nc1ccccc1C(=O)O. The van der Waals surface area contributed by atoms with Crippen LogP contribution in [0.5, 0.6) is 0 Å². The second-order valence-corrected chi connectivity index (χ2v) is 35.6. The summed E-state index contributed by atoms with van der Waals surface area (Å²) >= 11 is 0. The molecule has 0 radical (unpaired) electrons. The summed E-state index contributed by atoms with van der Waals surface area (Å²) in [5.74, 6) is 1.75. The normalized spacial score (nSPS) is 11.7. The zero-order valence-electron chi connectivity index (χ0n) is 67.0. The van der Waals surface area contributed by atoms with Crippen molar-refractivity contribution in [3.8, 4) is 17.4 Å². The van der Waals surface area contributed by atoms with Gasteiger partial charge in [-0.15, -0.1) is 35.0 Å². The van der Waals surface area contributed by atoms with Crippen molar-refractivity contribution in [1.82, 2.24) is 63.4 Å². The van der Waals surface area contributed by atoms with Gasteiger partial charge in [0.15, 0.2) is 28.6 Å². The van der Waals surface area contributed by atoms with Gasteiger partial charge in [-0.1, -0.05) is 141 Å². The molecule has 14 aromatic rings. The first-order valence-electron chi connectivity index (χ1n) is 35.1. The summed E-state index contributed by atoms with van der Waals surface area (Å²) in [7, 11) is -19.5. The van der Waals surface area contributed by atoms with Gasteiger partial charge in [0, 0.05) is 38.8 Å². The predicted octanol–water partition coefficient (Wildman–Crippen LogP) is 12.0. The Labute approximate surface area is 711 Å². The Bertz CT molecular complexity index is 7210. The molecule has 0 fully saturated rings. The monoisotopic (exact) mass is 1800 g/mol. The maximum atomic E-state index is 12.8. The van der Waals surface area contributed by atoms with Crippen LogP contribution in [-0.2, 0) is 61.5 Å². The van der Waals surface area contributed by atoms with Crippen LogP contribution in [0, 0.1) is 35.3 Å². The number of carboxylic acids is 1. The number of quaternary nitrogens is 1. The molecule has 47 heteroatoms. The summed E-state index contributed by atoms with van der Waals surface area (Å²) in [5.41, 5.74) is 7.05. The van der Waals surface area contributed by atoms with Crippen LogP contribution < -0.4 is 27.9 Å². The molecular formula is C76H80Cl2N22O19S4+2. The molecule has 0 unspecified atom stereocenters. The summed E-state index contributed by atoms with van der Waals surface area (Å²) in [6.07, 6.45) is 2.08. The number of carbonyl (C=O) groups excluding carboxylic acids is 1. The van der Waals surface area contributed by atoms with Gasteiger partial charge < -0.3 is 25.5 Å². The van der Waals surface area contributed by atoms with Gasteiger partial charge in [-0.05, 0) is 84.9 Å². The number of H-pyrrole nitrogens is 3. The summed E-state index contributed by atoms with van der Waals surface area (Å²) < 4.78 is 137. The van der Waals surface area contributed by atoms with E-state index in [2.05, 4.69) is 118 Å². The number of rotatable bonds is 11. The Balaban J connectivity index is 0.000000245. The second kappa shape index (κ2) is 38.0. The van der Waals surface area contributed by atoms with Crippen LogP contribution in [0.4, 0.5) is 34.4 Å². The molecule has 8 aromatic heterocycles. The molecule has 0 spiro atoms. The third-order valence-electron chi connectivity index (χ3n) is 17.3. The van der Waals surface area contributed by atoms with Crippen LogP contribution in [0.3, 0.4) is 0 Å². The minimum absolute atomic E-state index is 0. The third-order valence-corrected chi connectivity index (χ3v) is 20.8. The van der Waals surface area contributed by atoms with Gasteiger partial charge in [-0.25, -0.2) is 38.1 Å². The van der Waals surface area contributed by atoms with Gasteiger partial charge in [0.1, 0.15) is 21.1 Å². The molecule has 0 saturated carbocycles. The summed E-state index contributed by atoms with van der Waals surface area (Å²) in [6.45, 7) is 38.1. The number of fused-ring (bicyclic) bond motifs is 9. The molecule has 41 nitrogen and oxygen atoms in total. The van der Waals surface area contributed by atoms with Crippen LogP contribution >= 0.6 is 24.8 Å². The van der Waals surface area contributed by atoms with Crippen molar-refractivity contribution in [2.24, 2.45) is 15.6 Å². The molecule has 123 heavy (non-hydrogen) atoms. The number of halogens is 2. The lowest BCUT2D eigenvalue weighted by atomic mass is 9.89. The summed E-state index contributed by atoms with van der Waals surface area (Å²) in [5, 5.41) is 57.4. The minimum atomic E-state index is -5.06. The highest BCUT2D eigenvalue weighted by molar-refractivity contribution is 7.87. The lowest BCUT2D eigenvalue weighted by molar-refractivity contribution is -0.325.